The van der Waals surface area contributed by atoms with Crippen molar-refractivity contribution in [3.63, 3.8) is 0 Å². The summed E-state index contributed by atoms with van der Waals surface area (Å²) in [6, 6.07) is 0. The topological polar surface area (TPSA) is 56.7 Å². The van der Waals surface area contributed by atoms with E-state index in [1.54, 1.807) is 0 Å². The zero-order valence-corrected chi connectivity index (χ0v) is 7.37. The summed E-state index contributed by atoms with van der Waals surface area (Å²) in [4.78, 5) is 3.83. The minimum atomic E-state index is -2.77. The third-order valence-corrected chi connectivity index (χ3v) is 1.49. The van der Waals surface area contributed by atoms with Gasteiger partial charge in [-0.05, 0) is 6.54 Å². The minimum Gasteiger partial charge on any atom is -0.330 e. The van der Waals surface area contributed by atoms with E-state index in [0.29, 0.717) is 18.8 Å². The van der Waals surface area contributed by atoms with Crippen molar-refractivity contribution >= 4 is 0 Å². The molecular formula is C7H12F2N4. The van der Waals surface area contributed by atoms with Gasteiger partial charge in [0, 0.05) is 13.3 Å². The molecule has 0 aromatic carbocycles. The fourth-order valence-corrected chi connectivity index (χ4v) is 1.01. The molecule has 1 aromatic rings. The zero-order valence-electron chi connectivity index (χ0n) is 7.37. The molecular weight excluding hydrogens is 178 g/mol. The Morgan fingerprint density at radius 2 is 2.31 bits per heavy atom. The summed E-state index contributed by atoms with van der Waals surface area (Å²) in [5.41, 5.74) is 5.28. The van der Waals surface area contributed by atoms with Gasteiger partial charge < -0.3 is 5.73 Å². The van der Waals surface area contributed by atoms with Gasteiger partial charge in [0.05, 0.1) is 0 Å². The molecule has 1 heterocycles. The first-order valence-electron chi connectivity index (χ1n) is 3.97. The molecule has 0 amide bonds. The van der Waals surface area contributed by atoms with Crippen LogP contribution in [0.25, 0.3) is 0 Å². The van der Waals surface area contributed by atoms with Gasteiger partial charge in [-0.1, -0.05) is 0 Å². The number of rotatable bonds is 4. The third kappa shape index (κ3) is 3.06. The Bertz CT molecular complexity index is 266. The molecule has 0 spiro atoms. The van der Waals surface area contributed by atoms with E-state index in [2.05, 4.69) is 10.1 Å². The van der Waals surface area contributed by atoms with Crippen LogP contribution in [0.15, 0.2) is 6.33 Å². The van der Waals surface area contributed by atoms with E-state index in [1.807, 2.05) is 0 Å². The molecule has 1 aromatic heterocycles. The highest BCUT2D eigenvalue weighted by molar-refractivity contribution is 4.86. The van der Waals surface area contributed by atoms with Crippen molar-refractivity contribution in [1.82, 2.24) is 14.8 Å². The number of nitrogens with two attached hydrogens (primary N) is 1. The lowest BCUT2D eigenvalue weighted by Crippen LogP contribution is -2.22. The molecule has 0 saturated heterocycles. The molecule has 0 aliphatic heterocycles. The van der Waals surface area contributed by atoms with Crippen LogP contribution in [0.4, 0.5) is 8.78 Å². The molecule has 0 saturated carbocycles. The normalized spacial score (nSPS) is 12.0. The Hall–Kier alpha value is -1.04. The first kappa shape index (κ1) is 10.0. The smallest absolute Gasteiger partial charge is 0.264 e. The first-order chi connectivity index (χ1) is 6.03. The third-order valence-electron chi connectivity index (χ3n) is 1.49. The van der Waals surface area contributed by atoms with Gasteiger partial charge in [-0.3, -0.25) is 0 Å². The van der Waals surface area contributed by atoms with E-state index >= 15 is 0 Å². The van der Waals surface area contributed by atoms with Crippen molar-refractivity contribution < 1.29 is 8.78 Å². The summed E-state index contributed by atoms with van der Waals surface area (Å²) in [6.45, 7) is 0.789. The Balaban J connectivity index is 2.70. The van der Waals surface area contributed by atoms with Crippen molar-refractivity contribution in [2.24, 2.45) is 5.73 Å². The monoisotopic (exact) mass is 190 g/mol. The Morgan fingerprint density at radius 3 is 2.85 bits per heavy atom. The number of hydrogen-bond donors (Lipinski definition) is 1. The van der Waals surface area contributed by atoms with Crippen LogP contribution in [0, 0.1) is 0 Å². The summed E-state index contributed by atoms with van der Waals surface area (Å²) in [5.74, 6) is -2.26. The SMILES string of the molecule is CC(F)(F)Cn1ncnc1CCN. The van der Waals surface area contributed by atoms with E-state index in [9.17, 15) is 8.78 Å². The molecule has 0 aliphatic rings. The standard InChI is InChI=1S/C7H12F2N4/c1-7(8,9)4-13-6(2-3-10)11-5-12-13/h5H,2-4,10H2,1H3. The van der Waals surface area contributed by atoms with Crippen molar-refractivity contribution in [2.75, 3.05) is 6.54 Å². The van der Waals surface area contributed by atoms with Crippen LogP contribution in [-0.2, 0) is 13.0 Å². The molecule has 1 rings (SSSR count). The van der Waals surface area contributed by atoms with Crippen LogP contribution in [-0.4, -0.2) is 27.2 Å². The molecule has 0 bridgehead atoms. The summed E-state index contributed by atoms with van der Waals surface area (Å²) < 4.78 is 26.4. The molecule has 0 aliphatic carbocycles. The van der Waals surface area contributed by atoms with Crippen LogP contribution in [0.2, 0.25) is 0 Å². The van der Waals surface area contributed by atoms with E-state index < -0.39 is 12.5 Å². The molecule has 4 nitrogen and oxygen atoms in total. The Labute approximate surface area is 74.8 Å². The predicted molar refractivity (Wildman–Crippen MR) is 43.4 cm³/mol. The fraction of sp³-hybridized carbons (Fsp3) is 0.714. The van der Waals surface area contributed by atoms with Gasteiger partial charge in [-0.2, -0.15) is 5.10 Å². The molecule has 13 heavy (non-hydrogen) atoms. The average molecular weight is 190 g/mol. The van der Waals surface area contributed by atoms with Crippen LogP contribution in [0.1, 0.15) is 12.7 Å². The first-order valence-corrected chi connectivity index (χ1v) is 3.97. The highest BCUT2D eigenvalue weighted by Crippen LogP contribution is 2.14. The van der Waals surface area contributed by atoms with Gasteiger partial charge in [-0.25, -0.2) is 18.4 Å². The van der Waals surface area contributed by atoms with Crippen LogP contribution >= 0.6 is 0 Å². The largest absolute Gasteiger partial charge is 0.330 e. The second kappa shape index (κ2) is 3.78. The van der Waals surface area contributed by atoms with Crippen molar-refractivity contribution in [2.45, 2.75) is 25.8 Å². The molecule has 74 valence electrons. The molecule has 2 N–H and O–H groups in total. The number of aromatic nitrogens is 3. The Kier molecular flexibility index (Phi) is 2.92. The van der Waals surface area contributed by atoms with Gasteiger partial charge >= 0.3 is 0 Å². The lowest BCUT2D eigenvalue weighted by molar-refractivity contribution is -0.000336. The van der Waals surface area contributed by atoms with Gasteiger partial charge in [0.15, 0.2) is 0 Å². The maximum Gasteiger partial charge on any atom is 0.264 e. The number of nitrogens with zero attached hydrogens (tertiary/aromatic N) is 3. The molecule has 6 heteroatoms. The second-order valence-corrected chi connectivity index (χ2v) is 2.94. The van der Waals surface area contributed by atoms with Gasteiger partial charge in [0.25, 0.3) is 5.92 Å². The van der Waals surface area contributed by atoms with E-state index in [-0.39, 0.29) is 0 Å². The van der Waals surface area contributed by atoms with Crippen LogP contribution < -0.4 is 5.73 Å². The molecule has 0 unspecified atom stereocenters. The summed E-state index contributed by atoms with van der Waals surface area (Å²) >= 11 is 0. The van der Waals surface area contributed by atoms with Crippen LogP contribution in [0.5, 0.6) is 0 Å². The van der Waals surface area contributed by atoms with E-state index in [1.165, 1.54) is 11.0 Å². The van der Waals surface area contributed by atoms with Crippen molar-refractivity contribution in [3.05, 3.63) is 12.2 Å². The summed E-state index contributed by atoms with van der Waals surface area (Å²) in [7, 11) is 0. The van der Waals surface area contributed by atoms with Gasteiger partial charge in [-0.15, -0.1) is 0 Å². The lowest BCUT2D eigenvalue weighted by Gasteiger charge is -2.11. The van der Waals surface area contributed by atoms with Gasteiger partial charge in [0.2, 0.25) is 0 Å². The zero-order chi connectivity index (χ0) is 9.90. The molecule has 0 atom stereocenters. The van der Waals surface area contributed by atoms with Crippen molar-refractivity contribution in [1.29, 1.82) is 0 Å². The lowest BCUT2D eigenvalue weighted by atomic mass is 10.3. The summed E-state index contributed by atoms with van der Waals surface area (Å²) in [6.07, 6.45) is 1.73. The van der Waals surface area contributed by atoms with Crippen LogP contribution in [0.3, 0.4) is 0 Å². The van der Waals surface area contributed by atoms with Crippen molar-refractivity contribution in [3.8, 4) is 0 Å². The average Bonchev–Trinajstić information content (AvgIpc) is 2.34. The number of alkyl halides is 2. The highest BCUT2D eigenvalue weighted by atomic mass is 19.3. The van der Waals surface area contributed by atoms with Gasteiger partial charge in [0.1, 0.15) is 18.7 Å². The molecule has 0 radical (unpaired) electrons. The predicted octanol–water partition coefficient (Wildman–Crippen LogP) is 0.435. The Morgan fingerprint density at radius 1 is 1.62 bits per heavy atom. The fourth-order valence-electron chi connectivity index (χ4n) is 1.01. The maximum absolute atomic E-state index is 12.6. The molecule has 0 fully saturated rings. The summed E-state index contributed by atoms with van der Waals surface area (Å²) in [5, 5.41) is 3.69. The highest BCUT2D eigenvalue weighted by Gasteiger charge is 2.23. The second-order valence-electron chi connectivity index (χ2n) is 2.94. The van der Waals surface area contributed by atoms with E-state index in [4.69, 9.17) is 5.73 Å². The number of halogens is 2. The number of hydrogen-bond acceptors (Lipinski definition) is 3. The minimum absolute atomic E-state index is 0.383. The maximum atomic E-state index is 12.6. The quantitative estimate of drug-likeness (QED) is 0.749. The van der Waals surface area contributed by atoms with E-state index in [0.717, 1.165) is 6.92 Å².